The molecule has 1 aliphatic rings. The van der Waals surface area contributed by atoms with Gasteiger partial charge in [0.05, 0.1) is 11.1 Å². The first-order chi connectivity index (χ1) is 9.59. The first kappa shape index (κ1) is 13.1. The van der Waals surface area contributed by atoms with Crippen molar-refractivity contribution in [3.8, 4) is 0 Å². The van der Waals surface area contributed by atoms with Crippen molar-refractivity contribution in [1.82, 2.24) is 19.4 Å². The quantitative estimate of drug-likeness (QED) is 0.819. The number of rotatable bonds is 1. The molecule has 20 heavy (non-hydrogen) atoms. The summed E-state index contributed by atoms with van der Waals surface area (Å²) >= 11 is 0. The van der Waals surface area contributed by atoms with Crippen molar-refractivity contribution in [2.75, 3.05) is 6.54 Å². The van der Waals surface area contributed by atoms with Gasteiger partial charge in [-0.2, -0.15) is 0 Å². The molecule has 1 N–H and O–H groups in total. The van der Waals surface area contributed by atoms with Gasteiger partial charge in [-0.15, -0.1) is 0 Å². The van der Waals surface area contributed by atoms with Crippen molar-refractivity contribution in [2.45, 2.75) is 25.3 Å². The molecule has 3 heterocycles. The Morgan fingerprint density at radius 1 is 1.20 bits per heavy atom. The first-order valence-corrected chi connectivity index (χ1v) is 6.89. The Kier molecular flexibility index (Phi) is 3.17. The summed E-state index contributed by atoms with van der Waals surface area (Å²) < 4.78 is 2.55. The van der Waals surface area contributed by atoms with Gasteiger partial charge < -0.3 is 5.32 Å². The van der Waals surface area contributed by atoms with E-state index in [1.807, 2.05) is 6.07 Å². The van der Waals surface area contributed by atoms with Gasteiger partial charge in [0.15, 0.2) is 0 Å². The van der Waals surface area contributed by atoms with E-state index in [-0.39, 0.29) is 17.3 Å². The Morgan fingerprint density at radius 3 is 2.70 bits per heavy atom. The number of pyridine rings is 1. The number of fused-ring (bicyclic) bond motifs is 1. The van der Waals surface area contributed by atoms with Crippen LogP contribution in [0.1, 0.15) is 31.0 Å². The summed E-state index contributed by atoms with van der Waals surface area (Å²) in [5, 5.41) is 3.91. The number of piperidine rings is 1. The van der Waals surface area contributed by atoms with E-state index in [2.05, 4.69) is 10.3 Å². The summed E-state index contributed by atoms with van der Waals surface area (Å²) in [4.78, 5) is 28.6. The molecule has 0 radical (unpaired) electrons. The average Bonchev–Trinajstić information content (AvgIpc) is 2.51. The third kappa shape index (κ3) is 1.96. The summed E-state index contributed by atoms with van der Waals surface area (Å²) in [6.45, 7) is 0.986. The molecule has 3 rings (SSSR count). The molecule has 1 saturated heterocycles. The maximum absolute atomic E-state index is 12.1. The van der Waals surface area contributed by atoms with Crippen molar-refractivity contribution < 1.29 is 0 Å². The average molecular weight is 274 g/mol. The lowest BCUT2D eigenvalue weighted by Crippen LogP contribution is -2.37. The molecule has 2 aromatic heterocycles. The molecule has 6 nitrogen and oxygen atoms in total. The zero-order chi connectivity index (χ0) is 14.3. The number of nitrogens with one attached hydrogen (secondary N) is 1. The molecular formula is C14H18N4O2. The second kappa shape index (κ2) is 4.86. The predicted octanol–water partition coefficient (Wildman–Crippen LogP) is 0.447. The zero-order valence-electron chi connectivity index (χ0n) is 11.7. The van der Waals surface area contributed by atoms with Gasteiger partial charge in [0.25, 0.3) is 5.56 Å². The number of hydrogen-bond donors (Lipinski definition) is 1. The second-order valence-electron chi connectivity index (χ2n) is 5.32. The monoisotopic (exact) mass is 274 g/mol. The van der Waals surface area contributed by atoms with E-state index in [1.54, 1.807) is 13.1 Å². The van der Waals surface area contributed by atoms with Gasteiger partial charge in [-0.3, -0.25) is 13.9 Å². The highest BCUT2D eigenvalue weighted by atomic mass is 16.2. The minimum absolute atomic E-state index is 0.215. The van der Waals surface area contributed by atoms with Gasteiger partial charge in [0.2, 0.25) is 0 Å². The minimum Gasteiger partial charge on any atom is -0.309 e. The number of nitrogens with zero attached hydrogens (tertiary/aromatic N) is 3. The molecular weight excluding hydrogens is 256 g/mol. The van der Waals surface area contributed by atoms with Crippen molar-refractivity contribution >= 4 is 11.0 Å². The molecule has 1 aliphatic heterocycles. The summed E-state index contributed by atoms with van der Waals surface area (Å²) in [6.07, 6.45) is 3.40. The van der Waals surface area contributed by atoms with Gasteiger partial charge in [0.1, 0.15) is 5.65 Å². The standard InChI is InChI=1S/C14H18N4O2/c1-17-12-9(13(19)18(2)14(17)20)6-7-11(16-12)10-5-3-4-8-15-10/h6-7,10,15H,3-5,8H2,1-2H3/t10-/m1/s1. The van der Waals surface area contributed by atoms with E-state index >= 15 is 0 Å². The van der Waals surface area contributed by atoms with Crippen molar-refractivity contribution in [3.05, 3.63) is 38.7 Å². The molecule has 1 atom stereocenters. The van der Waals surface area contributed by atoms with Crippen LogP contribution in [-0.2, 0) is 14.1 Å². The van der Waals surface area contributed by atoms with Gasteiger partial charge in [0, 0.05) is 20.1 Å². The van der Waals surface area contributed by atoms with Crippen LogP contribution < -0.4 is 16.6 Å². The summed E-state index contributed by atoms with van der Waals surface area (Å²) in [5.74, 6) is 0. The van der Waals surface area contributed by atoms with Crippen molar-refractivity contribution in [1.29, 1.82) is 0 Å². The van der Waals surface area contributed by atoms with Crippen LogP contribution in [0, 0.1) is 0 Å². The normalized spacial score (nSPS) is 19.4. The molecule has 0 aromatic carbocycles. The van der Waals surface area contributed by atoms with Gasteiger partial charge >= 0.3 is 5.69 Å². The van der Waals surface area contributed by atoms with Crippen LogP contribution >= 0.6 is 0 Å². The SMILES string of the molecule is Cn1c(=O)c2ccc([C@H]3CCCCN3)nc2n(C)c1=O. The van der Waals surface area contributed by atoms with Crippen LogP contribution in [0.2, 0.25) is 0 Å². The predicted molar refractivity (Wildman–Crippen MR) is 76.8 cm³/mol. The zero-order valence-corrected chi connectivity index (χ0v) is 11.7. The Labute approximate surface area is 116 Å². The molecule has 6 heteroatoms. The largest absolute Gasteiger partial charge is 0.332 e. The van der Waals surface area contributed by atoms with E-state index in [0.29, 0.717) is 11.0 Å². The van der Waals surface area contributed by atoms with E-state index in [9.17, 15) is 9.59 Å². The van der Waals surface area contributed by atoms with Crippen molar-refractivity contribution in [3.63, 3.8) is 0 Å². The fraction of sp³-hybridized carbons (Fsp3) is 0.500. The molecule has 0 spiro atoms. The molecule has 106 valence electrons. The molecule has 0 saturated carbocycles. The van der Waals surface area contributed by atoms with Gasteiger partial charge in [-0.05, 0) is 31.5 Å². The lowest BCUT2D eigenvalue weighted by Gasteiger charge is -2.23. The van der Waals surface area contributed by atoms with Gasteiger partial charge in [-0.1, -0.05) is 6.42 Å². The number of aromatic nitrogens is 3. The summed E-state index contributed by atoms with van der Waals surface area (Å²) in [5.41, 5.74) is 0.728. The molecule has 2 aromatic rings. The molecule has 0 bridgehead atoms. The van der Waals surface area contributed by atoms with E-state index in [4.69, 9.17) is 0 Å². The Bertz CT molecular complexity index is 769. The third-order valence-corrected chi connectivity index (χ3v) is 3.99. The molecule has 1 fully saturated rings. The summed E-state index contributed by atoms with van der Waals surface area (Å²) in [7, 11) is 3.13. The van der Waals surface area contributed by atoms with Crippen LogP contribution in [0.5, 0.6) is 0 Å². The number of hydrogen-bond acceptors (Lipinski definition) is 4. The minimum atomic E-state index is -0.344. The maximum atomic E-state index is 12.1. The molecule has 0 amide bonds. The highest BCUT2D eigenvalue weighted by molar-refractivity contribution is 5.74. The molecule has 0 unspecified atom stereocenters. The fourth-order valence-corrected chi connectivity index (χ4v) is 2.77. The van der Waals surface area contributed by atoms with Gasteiger partial charge in [-0.25, -0.2) is 9.78 Å². The lowest BCUT2D eigenvalue weighted by atomic mass is 10.0. The Morgan fingerprint density at radius 2 is 2.00 bits per heavy atom. The Balaban J connectivity index is 2.20. The highest BCUT2D eigenvalue weighted by Gasteiger charge is 2.18. The second-order valence-corrected chi connectivity index (χ2v) is 5.32. The van der Waals surface area contributed by atoms with E-state index < -0.39 is 0 Å². The maximum Gasteiger partial charge on any atom is 0.332 e. The Hall–Kier alpha value is -1.95. The topological polar surface area (TPSA) is 68.9 Å². The molecule has 0 aliphatic carbocycles. The summed E-state index contributed by atoms with van der Waals surface area (Å²) in [6, 6.07) is 3.87. The first-order valence-electron chi connectivity index (χ1n) is 6.89. The third-order valence-electron chi connectivity index (χ3n) is 3.99. The van der Waals surface area contributed by atoms with Crippen LogP contribution in [0.4, 0.5) is 0 Å². The van der Waals surface area contributed by atoms with Crippen molar-refractivity contribution in [2.24, 2.45) is 14.1 Å². The van der Waals surface area contributed by atoms with Crippen LogP contribution in [0.15, 0.2) is 21.7 Å². The van der Waals surface area contributed by atoms with Crippen LogP contribution in [0.25, 0.3) is 11.0 Å². The fourth-order valence-electron chi connectivity index (χ4n) is 2.77. The highest BCUT2D eigenvalue weighted by Crippen LogP contribution is 2.22. The lowest BCUT2D eigenvalue weighted by molar-refractivity contribution is 0.405. The van der Waals surface area contributed by atoms with E-state index in [1.165, 1.54) is 24.5 Å². The smallest absolute Gasteiger partial charge is 0.309 e. The van der Waals surface area contributed by atoms with Crippen LogP contribution in [0.3, 0.4) is 0 Å². The number of aryl methyl sites for hydroxylation is 1. The van der Waals surface area contributed by atoms with Crippen LogP contribution in [-0.4, -0.2) is 20.7 Å². The van der Waals surface area contributed by atoms with E-state index in [0.717, 1.165) is 23.2 Å².